The molecule has 2 heterocycles. The number of nitrogens with one attached hydrogen (secondary N) is 1. The molecule has 0 aliphatic carbocycles. The van der Waals surface area contributed by atoms with Gasteiger partial charge in [0.15, 0.2) is 0 Å². The van der Waals surface area contributed by atoms with Crippen LogP contribution in [0.25, 0.3) is 10.7 Å². The third-order valence-electron chi connectivity index (χ3n) is 2.25. The normalized spacial score (nSPS) is 11.2. The molecule has 0 aromatic carbocycles. The number of hydrogen-bond acceptors (Lipinski definition) is 4. The fourth-order valence-electron chi connectivity index (χ4n) is 1.38. The highest BCUT2D eigenvalue weighted by Gasteiger charge is 2.10. The molecular weight excluding hydrogens is 378 g/mol. The predicted molar refractivity (Wildman–Crippen MR) is 82.7 cm³/mol. The summed E-state index contributed by atoms with van der Waals surface area (Å²) in [7, 11) is 0. The van der Waals surface area contributed by atoms with Gasteiger partial charge in [-0.3, -0.25) is 4.98 Å². The van der Waals surface area contributed by atoms with Gasteiger partial charge in [-0.05, 0) is 37.9 Å². The minimum atomic E-state index is 0.480. The van der Waals surface area contributed by atoms with E-state index in [0.717, 1.165) is 26.2 Å². The first-order valence-electron chi connectivity index (χ1n) is 5.56. The Morgan fingerprint density at radius 3 is 2.72 bits per heavy atom. The van der Waals surface area contributed by atoms with Gasteiger partial charge in [-0.2, -0.15) is 0 Å². The highest BCUT2D eigenvalue weighted by atomic mass is 79.9. The summed E-state index contributed by atoms with van der Waals surface area (Å²) in [6.07, 6.45) is 3.69. The summed E-state index contributed by atoms with van der Waals surface area (Å²) in [6.45, 7) is 5.12. The van der Waals surface area contributed by atoms with Crippen molar-refractivity contribution < 1.29 is 0 Å². The first-order chi connectivity index (χ1) is 8.56. The molecule has 0 saturated carbocycles. The Bertz CT molecular complexity index is 540. The Morgan fingerprint density at radius 2 is 2.06 bits per heavy atom. The number of pyridine rings is 1. The minimum absolute atomic E-state index is 0.480. The van der Waals surface area contributed by atoms with Crippen LogP contribution in [-0.4, -0.2) is 16.0 Å². The maximum atomic E-state index is 4.43. The molecule has 6 heteroatoms. The van der Waals surface area contributed by atoms with Gasteiger partial charge in [0.05, 0.1) is 0 Å². The first kappa shape index (κ1) is 14.1. The summed E-state index contributed by atoms with van der Waals surface area (Å²) < 4.78 is 1.91. The zero-order valence-electron chi connectivity index (χ0n) is 10.1. The van der Waals surface area contributed by atoms with E-state index in [1.165, 1.54) is 4.88 Å². The van der Waals surface area contributed by atoms with E-state index in [1.54, 1.807) is 17.5 Å². The molecule has 0 amide bonds. The van der Waals surface area contributed by atoms with Gasteiger partial charge >= 0.3 is 0 Å². The lowest BCUT2D eigenvalue weighted by atomic mass is 10.4. The van der Waals surface area contributed by atoms with Crippen molar-refractivity contribution in [1.82, 2.24) is 15.3 Å². The van der Waals surface area contributed by atoms with E-state index in [0.29, 0.717) is 6.04 Å². The first-order valence-corrected chi connectivity index (χ1v) is 7.96. The Kier molecular flexibility index (Phi) is 4.89. The van der Waals surface area contributed by atoms with Crippen LogP contribution in [0.4, 0.5) is 0 Å². The van der Waals surface area contributed by atoms with Crippen molar-refractivity contribution in [2.75, 3.05) is 0 Å². The molecule has 18 heavy (non-hydrogen) atoms. The molecule has 0 bridgehead atoms. The number of nitrogens with zero attached hydrogens (tertiary/aromatic N) is 2. The van der Waals surface area contributed by atoms with E-state index >= 15 is 0 Å². The van der Waals surface area contributed by atoms with Crippen molar-refractivity contribution in [3.05, 3.63) is 32.3 Å². The Balaban J connectivity index is 2.18. The molecule has 1 N–H and O–H groups in total. The second kappa shape index (κ2) is 6.23. The van der Waals surface area contributed by atoms with Crippen LogP contribution < -0.4 is 5.32 Å². The largest absolute Gasteiger partial charge is 0.310 e. The maximum absolute atomic E-state index is 4.43. The van der Waals surface area contributed by atoms with Crippen molar-refractivity contribution in [1.29, 1.82) is 0 Å². The van der Waals surface area contributed by atoms with E-state index in [4.69, 9.17) is 0 Å². The predicted octanol–water partition coefficient (Wildman–Crippen LogP) is 4.23. The lowest BCUT2D eigenvalue weighted by Crippen LogP contribution is -2.21. The highest BCUT2D eigenvalue weighted by Crippen LogP contribution is 2.31. The van der Waals surface area contributed by atoms with Crippen LogP contribution in [0.15, 0.2) is 27.4 Å². The van der Waals surface area contributed by atoms with E-state index in [1.807, 2.05) is 12.3 Å². The van der Waals surface area contributed by atoms with Crippen LogP contribution in [0.5, 0.6) is 0 Å². The number of rotatable bonds is 4. The van der Waals surface area contributed by atoms with Crippen LogP contribution in [0.2, 0.25) is 0 Å². The zero-order valence-corrected chi connectivity index (χ0v) is 14.1. The van der Waals surface area contributed by atoms with Crippen LogP contribution >= 0.6 is 43.2 Å². The summed E-state index contributed by atoms with van der Waals surface area (Å²) in [5, 5.41) is 4.32. The molecule has 2 aromatic heterocycles. The average molecular weight is 391 g/mol. The smallest absolute Gasteiger partial charge is 0.143 e. The number of aromatic nitrogens is 2. The van der Waals surface area contributed by atoms with Gasteiger partial charge in [-0.25, -0.2) is 4.98 Å². The molecule has 0 saturated heterocycles. The number of halogens is 2. The van der Waals surface area contributed by atoms with E-state index in [-0.39, 0.29) is 0 Å². The number of hydrogen-bond donors (Lipinski definition) is 1. The van der Waals surface area contributed by atoms with E-state index < -0.39 is 0 Å². The van der Waals surface area contributed by atoms with Crippen LogP contribution in [0, 0.1) is 0 Å². The molecule has 0 unspecified atom stereocenters. The molecule has 3 nitrogen and oxygen atoms in total. The van der Waals surface area contributed by atoms with Crippen LogP contribution in [0.3, 0.4) is 0 Å². The van der Waals surface area contributed by atoms with Gasteiger partial charge in [0, 0.05) is 38.8 Å². The fourth-order valence-corrected chi connectivity index (χ4v) is 3.56. The van der Waals surface area contributed by atoms with Crippen LogP contribution in [0.1, 0.15) is 18.7 Å². The van der Waals surface area contributed by atoms with Gasteiger partial charge in [-0.15, -0.1) is 11.3 Å². The minimum Gasteiger partial charge on any atom is -0.310 e. The van der Waals surface area contributed by atoms with E-state index in [2.05, 4.69) is 61.0 Å². The van der Waals surface area contributed by atoms with Gasteiger partial charge in [-0.1, -0.05) is 13.8 Å². The summed E-state index contributed by atoms with van der Waals surface area (Å²) >= 11 is 8.58. The zero-order chi connectivity index (χ0) is 13.1. The second-order valence-corrected chi connectivity index (χ2v) is 7.04. The molecule has 96 valence electrons. The van der Waals surface area contributed by atoms with Gasteiger partial charge in [0.1, 0.15) is 10.7 Å². The molecule has 0 aliphatic heterocycles. The topological polar surface area (TPSA) is 37.8 Å². The monoisotopic (exact) mass is 389 g/mol. The third-order valence-corrected chi connectivity index (χ3v) is 4.29. The van der Waals surface area contributed by atoms with Gasteiger partial charge in [0.2, 0.25) is 0 Å². The lowest BCUT2D eigenvalue weighted by molar-refractivity contribution is 0.593. The van der Waals surface area contributed by atoms with Crippen molar-refractivity contribution in [2.24, 2.45) is 0 Å². The molecule has 2 aromatic rings. The molecule has 0 fully saturated rings. The average Bonchev–Trinajstić information content (AvgIpc) is 2.75. The van der Waals surface area contributed by atoms with Crippen molar-refractivity contribution in [3.8, 4) is 10.7 Å². The lowest BCUT2D eigenvalue weighted by Gasteiger charge is -2.04. The Hall–Kier alpha value is -0.300. The van der Waals surface area contributed by atoms with Crippen molar-refractivity contribution in [2.45, 2.75) is 26.4 Å². The summed E-state index contributed by atoms with van der Waals surface area (Å²) in [4.78, 5) is 10.0. The standard InChI is InChI=1S/C12H13Br2N3S/c1-7(2)15-5-9-6-17-12(18-9)11-10(14)3-8(13)4-16-11/h3-4,6-7,15H,5H2,1-2H3. The Morgan fingerprint density at radius 1 is 1.28 bits per heavy atom. The molecule has 0 aliphatic rings. The quantitative estimate of drug-likeness (QED) is 0.848. The molecule has 2 rings (SSSR count). The molecule has 0 spiro atoms. The SMILES string of the molecule is CC(C)NCc1cnc(-c2ncc(Br)cc2Br)s1. The van der Waals surface area contributed by atoms with Crippen molar-refractivity contribution >= 4 is 43.2 Å². The number of thiazole rings is 1. The van der Waals surface area contributed by atoms with Crippen LogP contribution in [-0.2, 0) is 6.54 Å². The summed E-state index contributed by atoms with van der Waals surface area (Å²) in [5.41, 5.74) is 0.888. The van der Waals surface area contributed by atoms with E-state index in [9.17, 15) is 0 Å². The highest BCUT2D eigenvalue weighted by molar-refractivity contribution is 9.11. The fraction of sp³-hybridized carbons (Fsp3) is 0.333. The van der Waals surface area contributed by atoms with Gasteiger partial charge in [0.25, 0.3) is 0 Å². The molecule has 0 atom stereocenters. The Labute approximate surface area is 127 Å². The van der Waals surface area contributed by atoms with Gasteiger partial charge < -0.3 is 5.32 Å². The molecule has 0 radical (unpaired) electrons. The summed E-state index contributed by atoms with van der Waals surface area (Å²) in [6, 6.07) is 2.46. The maximum Gasteiger partial charge on any atom is 0.143 e. The van der Waals surface area contributed by atoms with Crippen molar-refractivity contribution in [3.63, 3.8) is 0 Å². The third kappa shape index (κ3) is 3.60. The second-order valence-electron chi connectivity index (χ2n) is 4.15. The molecular formula is C12H13Br2N3S. The summed E-state index contributed by atoms with van der Waals surface area (Å²) in [5.74, 6) is 0.